The van der Waals surface area contributed by atoms with Gasteiger partial charge in [0.1, 0.15) is 0 Å². The quantitative estimate of drug-likeness (QED) is 0.872. The lowest BCUT2D eigenvalue weighted by Crippen LogP contribution is -2.42. The molecule has 2 aliphatic heterocycles. The Morgan fingerprint density at radius 2 is 2.04 bits per heavy atom. The molecule has 0 bridgehead atoms. The van der Waals surface area contributed by atoms with E-state index < -0.39 is 0 Å². The van der Waals surface area contributed by atoms with Crippen molar-refractivity contribution in [3.05, 3.63) is 35.9 Å². The van der Waals surface area contributed by atoms with E-state index in [1.807, 2.05) is 0 Å². The van der Waals surface area contributed by atoms with E-state index in [9.17, 15) is 4.79 Å². The fourth-order valence-electron chi connectivity index (χ4n) is 4.19. The molecule has 0 spiro atoms. The minimum atomic E-state index is 0.132. The summed E-state index contributed by atoms with van der Waals surface area (Å²) in [5.41, 5.74) is 1.38. The molecule has 4 heteroatoms. The summed E-state index contributed by atoms with van der Waals surface area (Å²) in [6.45, 7) is 4.91. The van der Waals surface area contributed by atoms with Gasteiger partial charge in [-0.1, -0.05) is 30.3 Å². The van der Waals surface area contributed by atoms with Crippen molar-refractivity contribution in [1.82, 2.24) is 10.2 Å². The third-order valence-electron chi connectivity index (χ3n) is 5.80. The molecule has 3 aliphatic rings. The molecule has 2 saturated heterocycles. The lowest BCUT2D eigenvalue weighted by molar-refractivity contribution is -0.123. The number of hydrogen-bond donors (Lipinski definition) is 1. The van der Waals surface area contributed by atoms with Crippen molar-refractivity contribution in [3.63, 3.8) is 0 Å². The molecule has 0 radical (unpaired) electrons. The van der Waals surface area contributed by atoms with Crippen LogP contribution in [-0.4, -0.2) is 43.2 Å². The zero-order chi connectivity index (χ0) is 16.4. The molecule has 2 heterocycles. The van der Waals surface area contributed by atoms with E-state index in [4.69, 9.17) is 4.74 Å². The van der Waals surface area contributed by atoms with Crippen molar-refractivity contribution >= 4 is 5.91 Å². The number of nitrogens with one attached hydrogen (secondary N) is 1. The van der Waals surface area contributed by atoms with Crippen molar-refractivity contribution in [3.8, 4) is 0 Å². The fourth-order valence-corrected chi connectivity index (χ4v) is 4.19. The number of rotatable bonds is 6. The Morgan fingerprint density at radius 3 is 2.83 bits per heavy atom. The molecule has 4 rings (SSSR count). The van der Waals surface area contributed by atoms with Crippen molar-refractivity contribution in [2.24, 2.45) is 17.8 Å². The number of amides is 1. The number of likely N-dealkylation sites (tertiary alicyclic amines) is 1. The molecule has 24 heavy (non-hydrogen) atoms. The van der Waals surface area contributed by atoms with Gasteiger partial charge < -0.3 is 10.1 Å². The second-order valence-corrected chi connectivity index (χ2v) is 7.76. The summed E-state index contributed by atoms with van der Waals surface area (Å²) in [5.74, 6) is 2.07. The Bertz CT molecular complexity index is 558. The molecule has 1 saturated carbocycles. The Balaban J connectivity index is 1.25. The van der Waals surface area contributed by atoms with Gasteiger partial charge in [0.15, 0.2) is 0 Å². The van der Waals surface area contributed by atoms with Gasteiger partial charge in [0, 0.05) is 25.6 Å². The van der Waals surface area contributed by atoms with E-state index in [0.717, 1.165) is 45.1 Å². The first kappa shape index (κ1) is 16.1. The van der Waals surface area contributed by atoms with Crippen LogP contribution in [0.4, 0.5) is 0 Å². The molecular formula is C20H28N2O2. The maximum atomic E-state index is 12.1. The monoisotopic (exact) mass is 328 g/mol. The SMILES string of the molecule is O=C(C[C@@H]1OC[C@@H]2CN(Cc3ccccc3)CC[C@@H]21)NCC1CC1. The molecule has 4 nitrogen and oxygen atoms in total. The number of ether oxygens (including phenoxy) is 1. The van der Waals surface area contributed by atoms with Crippen molar-refractivity contribution in [2.45, 2.75) is 38.3 Å². The lowest BCUT2D eigenvalue weighted by atomic mass is 9.83. The number of nitrogens with zero attached hydrogens (tertiary/aromatic N) is 1. The molecule has 1 amide bonds. The van der Waals surface area contributed by atoms with Crippen LogP contribution in [0.2, 0.25) is 0 Å². The van der Waals surface area contributed by atoms with Crippen molar-refractivity contribution in [1.29, 1.82) is 0 Å². The van der Waals surface area contributed by atoms with Gasteiger partial charge >= 0.3 is 0 Å². The average Bonchev–Trinajstić information content (AvgIpc) is 3.35. The molecule has 0 unspecified atom stereocenters. The minimum absolute atomic E-state index is 0.132. The van der Waals surface area contributed by atoms with Crippen LogP contribution in [0, 0.1) is 17.8 Å². The van der Waals surface area contributed by atoms with Gasteiger partial charge in [-0.05, 0) is 43.2 Å². The van der Waals surface area contributed by atoms with Gasteiger partial charge in [-0.3, -0.25) is 9.69 Å². The molecule has 1 aromatic rings. The maximum absolute atomic E-state index is 12.1. The highest BCUT2D eigenvalue weighted by molar-refractivity contribution is 5.76. The zero-order valence-corrected chi connectivity index (χ0v) is 14.3. The van der Waals surface area contributed by atoms with E-state index in [1.54, 1.807) is 0 Å². The van der Waals surface area contributed by atoms with Crippen LogP contribution < -0.4 is 5.32 Å². The van der Waals surface area contributed by atoms with Gasteiger partial charge in [-0.25, -0.2) is 0 Å². The smallest absolute Gasteiger partial charge is 0.222 e. The van der Waals surface area contributed by atoms with Gasteiger partial charge in [-0.2, -0.15) is 0 Å². The second kappa shape index (κ2) is 7.24. The third-order valence-corrected chi connectivity index (χ3v) is 5.80. The summed E-state index contributed by atoms with van der Waals surface area (Å²) in [6.07, 6.45) is 4.39. The Morgan fingerprint density at radius 1 is 1.21 bits per heavy atom. The molecule has 1 N–H and O–H groups in total. The van der Waals surface area contributed by atoms with Crippen LogP contribution >= 0.6 is 0 Å². The molecular weight excluding hydrogens is 300 g/mol. The van der Waals surface area contributed by atoms with E-state index >= 15 is 0 Å². The summed E-state index contributed by atoms with van der Waals surface area (Å²) >= 11 is 0. The molecule has 3 atom stereocenters. The molecule has 1 aromatic carbocycles. The number of carbonyl (C=O) groups is 1. The highest BCUT2D eigenvalue weighted by atomic mass is 16.5. The fraction of sp³-hybridized carbons (Fsp3) is 0.650. The molecule has 3 fully saturated rings. The van der Waals surface area contributed by atoms with Crippen LogP contribution in [0.3, 0.4) is 0 Å². The van der Waals surface area contributed by atoms with Crippen LogP contribution in [0.15, 0.2) is 30.3 Å². The van der Waals surface area contributed by atoms with Crippen molar-refractivity contribution in [2.75, 3.05) is 26.2 Å². The summed E-state index contributed by atoms with van der Waals surface area (Å²) < 4.78 is 6.00. The average molecular weight is 328 g/mol. The van der Waals surface area contributed by atoms with Crippen LogP contribution in [-0.2, 0) is 16.1 Å². The van der Waals surface area contributed by atoms with E-state index in [1.165, 1.54) is 18.4 Å². The Hall–Kier alpha value is -1.39. The Labute approximate surface area is 144 Å². The van der Waals surface area contributed by atoms with E-state index in [-0.39, 0.29) is 12.0 Å². The van der Waals surface area contributed by atoms with Crippen LogP contribution in [0.1, 0.15) is 31.2 Å². The largest absolute Gasteiger partial charge is 0.377 e. The number of benzene rings is 1. The predicted octanol–water partition coefficient (Wildman–Crippen LogP) is 2.44. The van der Waals surface area contributed by atoms with Gasteiger partial charge in [0.05, 0.1) is 19.1 Å². The van der Waals surface area contributed by atoms with Gasteiger partial charge in [0.25, 0.3) is 0 Å². The summed E-state index contributed by atoms with van der Waals surface area (Å²) in [6, 6.07) is 10.7. The van der Waals surface area contributed by atoms with E-state index in [0.29, 0.717) is 18.3 Å². The summed E-state index contributed by atoms with van der Waals surface area (Å²) in [7, 11) is 0. The van der Waals surface area contributed by atoms with Gasteiger partial charge in [0.2, 0.25) is 5.91 Å². The maximum Gasteiger partial charge on any atom is 0.222 e. The Kier molecular flexibility index (Phi) is 4.86. The highest BCUT2D eigenvalue weighted by Crippen LogP contribution is 2.36. The summed E-state index contributed by atoms with van der Waals surface area (Å²) in [4.78, 5) is 14.6. The standard InChI is InChI=1S/C20H28N2O2/c23-20(21-11-15-6-7-15)10-19-18-8-9-22(13-17(18)14-24-19)12-16-4-2-1-3-5-16/h1-5,15,17-19H,6-14H2,(H,21,23)/t17-,18-,19-/m0/s1. The van der Waals surface area contributed by atoms with Gasteiger partial charge in [-0.15, -0.1) is 0 Å². The topological polar surface area (TPSA) is 41.6 Å². The normalized spacial score (nSPS) is 30.1. The van der Waals surface area contributed by atoms with Crippen LogP contribution in [0.25, 0.3) is 0 Å². The number of carbonyl (C=O) groups excluding carboxylic acids is 1. The number of fused-ring (bicyclic) bond motifs is 1. The first-order chi connectivity index (χ1) is 11.8. The molecule has 130 valence electrons. The lowest BCUT2D eigenvalue weighted by Gasteiger charge is -2.35. The molecule has 1 aliphatic carbocycles. The first-order valence-corrected chi connectivity index (χ1v) is 9.42. The van der Waals surface area contributed by atoms with E-state index in [2.05, 4.69) is 40.5 Å². The number of hydrogen-bond acceptors (Lipinski definition) is 3. The third kappa shape index (κ3) is 3.98. The predicted molar refractivity (Wildman–Crippen MR) is 93.4 cm³/mol. The zero-order valence-electron chi connectivity index (χ0n) is 14.3. The van der Waals surface area contributed by atoms with Crippen molar-refractivity contribution < 1.29 is 9.53 Å². The second-order valence-electron chi connectivity index (χ2n) is 7.76. The number of piperidine rings is 1. The minimum Gasteiger partial charge on any atom is -0.377 e. The first-order valence-electron chi connectivity index (χ1n) is 9.42. The van der Waals surface area contributed by atoms with Crippen LogP contribution in [0.5, 0.6) is 0 Å². The molecule has 0 aromatic heterocycles. The summed E-state index contributed by atoms with van der Waals surface area (Å²) in [5, 5.41) is 3.08. The highest BCUT2D eigenvalue weighted by Gasteiger charge is 2.41.